The lowest BCUT2D eigenvalue weighted by Gasteiger charge is -2.50. The second-order valence-corrected chi connectivity index (χ2v) is 20.8. The molecule has 4 fully saturated rings. The first-order valence-electron chi connectivity index (χ1n) is 24.6. The number of amides is 1. The number of para-hydroxylation sites is 1. The van der Waals surface area contributed by atoms with E-state index in [1.54, 1.807) is 47.9 Å². The van der Waals surface area contributed by atoms with Crippen LogP contribution in [0, 0.1) is 23.7 Å². The second kappa shape index (κ2) is 22.0. The molecule has 17 heteroatoms. The monoisotopic (exact) mass is 957 g/mol. The minimum atomic E-state index is -1.47. The van der Waals surface area contributed by atoms with Crippen molar-refractivity contribution in [2.24, 2.45) is 23.7 Å². The van der Waals surface area contributed by atoms with E-state index in [4.69, 9.17) is 37.9 Å². The minimum Gasteiger partial charge on any atom is -0.458 e. The van der Waals surface area contributed by atoms with E-state index in [2.05, 4.69) is 10.4 Å². The number of likely N-dealkylation sites (N-methyl/N-ethyl adjacent to an activating group) is 1. The number of hydrogen-bond donors (Lipinski definition) is 3. The molecule has 3 N–H and O–H groups in total. The van der Waals surface area contributed by atoms with Gasteiger partial charge in [-0.1, -0.05) is 45.9 Å². The quantitative estimate of drug-likeness (QED) is 0.166. The van der Waals surface area contributed by atoms with Crippen molar-refractivity contribution in [3.8, 4) is 0 Å². The molecule has 18 atom stereocenters. The van der Waals surface area contributed by atoms with Gasteiger partial charge < -0.3 is 53.0 Å². The molecule has 8 unspecified atom stereocenters. The number of nitrogens with one attached hydrogen (secondary N) is 1. The Kier molecular flexibility index (Phi) is 17.4. The van der Waals surface area contributed by atoms with Crippen LogP contribution in [0.1, 0.15) is 107 Å². The summed E-state index contributed by atoms with van der Waals surface area (Å²) < 4.78 is 51.6. The lowest BCUT2D eigenvalue weighted by molar-refractivity contribution is -0.319. The summed E-state index contributed by atoms with van der Waals surface area (Å²) >= 11 is 0. The Labute approximate surface area is 403 Å². The molecule has 2 aromatic rings. The van der Waals surface area contributed by atoms with Gasteiger partial charge in [-0.15, -0.1) is 0 Å². The molecule has 17 nitrogen and oxygen atoms in total. The van der Waals surface area contributed by atoms with Crippen LogP contribution in [0.5, 0.6) is 0 Å². The summed E-state index contributed by atoms with van der Waals surface area (Å²) in [6.07, 6.45) is -4.54. The number of benzene rings is 1. The van der Waals surface area contributed by atoms with E-state index in [0.29, 0.717) is 25.8 Å². The van der Waals surface area contributed by atoms with E-state index in [0.717, 1.165) is 16.5 Å². The predicted octanol–water partition coefficient (Wildman–Crippen LogP) is 5.59. The second-order valence-electron chi connectivity index (χ2n) is 20.8. The van der Waals surface area contributed by atoms with E-state index in [-0.39, 0.29) is 37.2 Å². The lowest BCUT2D eigenvalue weighted by Crippen LogP contribution is -2.62. The van der Waals surface area contributed by atoms with Gasteiger partial charge in [-0.05, 0) is 105 Å². The summed E-state index contributed by atoms with van der Waals surface area (Å²) in [6.45, 7) is 18.5. The number of hydrogen-bond acceptors (Lipinski definition) is 16. The number of Topliss-reactive ketones (excluding diaryl/α,β-unsaturated/α-hetero) is 1. The highest BCUT2D eigenvalue weighted by Gasteiger charge is 2.61. The van der Waals surface area contributed by atoms with Crippen molar-refractivity contribution in [1.82, 2.24) is 20.3 Å². The number of carbonyl (C=O) groups is 3. The molecule has 1 aromatic carbocycles. The van der Waals surface area contributed by atoms with Crippen LogP contribution in [-0.4, -0.2) is 162 Å². The molecule has 1 amide bonds. The zero-order chi connectivity index (χ0) is 50.0. The fraction of sp³-hybridized carbons (Fsp3) is 0.765. The number of aliphatic hydroxyl groups is 2. The molecule has 0 aliphatic carbocycles. The van der Waals surface area contributed by atoms with Gasteiger partial charge in [-0.2, -0.15) is 0 Å². The smallest absolute Gasteiger partial charge is 0.425 e. The first-order chi connectivity index (χ1) is 32.0. The number of cyclic esters (lactones) is 1. The maximum atomic E-state index is 15.1. The van der Waals surface area contributed by atoms with Gasteiger partial charge in [-0.3, -0.25) is 14.6 Å². The van der Waals surface area contributed by atoms with Gasteiger partial charge in [0.15, 0.2) is 18.2 Å². The fourth-order valence-corrected chi connectivity index (χ4v) is 11.5. The normalized spacial score (nSPS) is 41.0. The Balaban J connectivity index is 1.39. The van der Waals surface area contributed by atoms with Gasteiger partial charge in [0.2, 0.25) is 0 Å². The number of methoxy groups -OCH3 is 2. The van der Waals surface area contributed by atoms with Gasteiger partial charge in [0, 0.05) is 62.6 Å². The van der Waals surface area contributed by atoms with Crippen LogP contribution in [0.15, 0.2) is 36.5 Å². The summed E-state index contributed by atoms with van der Waals surface area (Å²) in [5, 5.41) is 25.4. The third kappa shape index (κ3) is 10.9. The summed E-state index contributed by atoms with van der Waals surface area (Å²) in [4.78, 5) is 50.6. The van der Waals surface area contributed by atoms with Gasteiger partial charge in [0.25, 0.3) is 0 Å². The molecular formula is C51H80N4O13. The van der Waals surface area contributed by atoms with E-state index < -0.39 is 108 Å². The summed E-state index contributed by atoms with van der Waals surface area (Å²) in [5.41, 5.74) is 1.55. The van der Waals surface area contributed by atoms with Crippen LogP contribution in [0.4, 0.5) is 4.79 Å². The summed E-state index contributed by atoms with van der Waals surface area (Å²) in [5.74, 6) is -4.03. The number of carbonyl (C=O) groups excluding carboxylic acids is 3. The average Bonchev–Trinajstić information content (AvgIpc) is 3.57. The number of ether oxygens (including phenoxy) is 8. The molecule has 382 valence electrons. The molecule has 68 heavy (non-hydrogen) atoms. The van der Waals surface area contributed by atoms with Crippen molar-refractivity contribution in [2.75, 3.05) is 34.9 Å². The highest BCUT2D eigenvalue weighted by molar-refractivity contribution is 5.85. The fourth-order valence-electron chi connectivity index (χ4n) is 11.5. The van der Waals surface area contributed by atoms with Crippen LogP contribution >= 0.6 is 0 Å². The molecule has 4 aliphatic heterocycles. The van der Waals surface area contributed by atoms with Crippen LogP contribution in [-0.2, 0) is 53.9 Å². The van der Waals surface area contributed by atoms with Gasteiger partial charge in [-0.25, -0.2) is 15.2 Å². The van der Waals surface area contributed by atoms with Crippen LogP contribution in [0.2, 0.25) is 0 Å². The number of pyridine rings is 1. The van der Waals surface area contributed by atoms with Crippen molar-refractivity contribution in [3.63, 3.8) is 0 Å². The molecule has 6 rings (SSSR count). The number of esters is 1. The van der Waals surface area contributed by atoms with E-state index in [9.17, 15) is 19.8 Å². The first kappa shape index (κ1) is 54.0. The Morgan fingerprint density at radius 1 is 0.912 bits per heavy atom. The molecule has 5 heterocycles. The topological polar surface area (TPSA) is 197 Å². The van der Waals surface area contributed by atoms with Gasteiger partial charge in [0.05, 0.1) is 47.1 Å². The number of aliphatic hydroxyl groups excluding tert-OH is 2. The number of nitrogens with zero attached hydrogens (tertiary/aromatic N) is 3. The predicted molar refractivity (Wildman–Crippen MR) is 253 cm³/mol. The standard InChI is InChI=1S/C51H80N4O13/c1-15-38-51(10)43(55(48(60)68-51)53-23-18-19-34-22-24-52-36-21-17-16-20-35(34)36)30(4)40(56)28(2)26-50(9,62-14)45(67-47-41(57)37(54(11)12)25-29(3)63-47)31(5)42(32(6)46(59)65-38)66-39-27-49(8,61-13)44(58)33(7)64-39/h16-17,20-22,24,28-33,37-39,41-45,47,53,57-58H,15,18-19,23,25-27H2,1-14H3/t28-,29?,30+,31+,32-,33?,37?,38-,39?,41?,42+,43-,44?,45-,47?,49?,50-,51-/m1/s1. The van der Waals surface area contributed by atoms with Crippen LogP contribution in [0.25, 0.3) is 10.9 Å². The minimum absolute atomic E-state index is 0.123. The van der Waals surface area contributed by atoms with E-state index in [1.165, 1.54) is 12.1 Å². The number of aryl methyl sites for hydroxylation is 1. The molecular weight excluding hydrogens is 877 g/mol. The summed E-state index contributed by atoms with van der Waals surface area (Å²) in [6, 6.07) is 8.76. The number of fused-ring (bicyclic) bond motifs is 2. The number of ketones is 1. The number of aromatic nitrogens is 1. The Hall–Kier alpha value is -3.36. The highest BCUT2D eigenvalue weighted by Crippen LogP contribution is 2.44. The van der Waals surface area contributed by atoms with E-state index in [1.807, 2.05) is 83.9 Å². The molecule has 4 saturated heterocycles. The van der Waals surface area contributed by atoms with Crippen molar-refractivity contribution >= 4 is 28.7 Å². The third-order valence-electron chi connectivity index (χ3n) is 15.7. The Morgan fingerprint density at radius 3 is 2.26 bits per heavy atom. The largest absolute Gasteiger partial charge is 0.458 e. The number of rotatable bonds is 13. The number of hydrazine groups is 1. The van der Waals surface area contributed by atoms with Gasteiger partial charge >= 0.3 is 12.1 Å². The summed E-state index contributed by atoms with van der Waals surface area (Å²) in [7, 11) is 6.86. The van der Waals surface area contributed by atoms with Crippen molar-refractivity contribution in [2.45, 2.75) is 192 Å². The first-order valence-corrected chi connectivity index (χ1v) is 24.6. The van der Waals surface area contributed by atoms with Crippen molar-refractivity contribution < 1.29 is 62.5 Å². The van der Waals surface area contributed by atoms with Crippen molar-refractivity contribution in [1.29, 1.82) is 0 Å². The molecule has 0 radical (unpaired) electrons. The molecule has 0 bridgehead atoms. The Morgan fingerprint density at radius 2 is 1.60 bits per heavy atom. The van der Waals surface area contributed by atoms with Gasteiger partial charge in [0.1, 0.15) is 30.1 Å². The maximum Gasteiger partial charge on any atom is 0.425 e. The molecule has 1 aromatic heterocycles. The van der Waals surface area contributed by atoms with Crippen LogP contribution < -0.4 is 5.43 Å². The van der Waals surface area contributed by atoms with Crippen molar-refractivity contribution in [3.05, 3.63) is 42.1 Å². The zero-order valence-corrected chi connectivity index (χ0v) is 42.8. The maximum absolute atomic E-state index is 15.1. The average molecular weight is 957 g/mol. The van der Waals surface area contributed by atoms with Crippen LogP contribution in [0.3, 0.4) is 0 Å². The molecule has 4 aliphatic rings. The zero-order valence-electron chi connectivity index (χ0n) is 42.8. The lowest BCUT2D eigenvalue weighted by atomic mass is 9.73. The molecule has 0 spiro atoms. The Bertz CT molecular complexity index is 2040. The highest BCUT2D eigenvalue weighted by atomic mass is 16.7. The molecule has 0 saturated carbocycles. The third-order valence-corrected chi connectivity index (χ3v) is 15.7. The SMILES string of the molecule is CC[C@H]1OC(=O)[C@H](C)[C@@H](OC2CC(C)(OC)C(O)C(C)O2)[C@H](C)[C@@H](OC2OC(C)CC(N(C)C)C2O)[C@](C)(OC)C[C@@H](C)C(=O)[C@H](C)[C@H]2N(NCCCc3ccnc4ccccc34)C(=O)O[C@]12C. The van der Waals surface area contributed by atoms with E-state index >= 15 is 4.79 Å².